The van der Waals surface area contributed by atoms with E-state index in [0.29, 0.717) is 45.4 Å². The van der Waals surface area contributed by atoms with Crippen LogP contribution < -0.4 is 4.74 Å². The molecule has 9 heteroatoms. The third kappa shape index (κ3) is 6.16. The van der Waals surface area contributed by atoms with Gasteiger partial charge < -0.3 is 28.8 Å². The quantitative estimate of drug-likeness (QED) is 0.533. The van der Waals surface area contributed by atoms with Crippen molar-refractivity contribution in [2.45, 2.75) is 19.4 Å². The van der Waals surface area contributed by atoms with Crippen molar-refractivity contribution in [3.8, 4) is 11.5 Å². The Morgan fingerprint density at radius 2 is 1.89 bits per heavy atom. The summed E-state index contributed by atoms with van der Waals surface area (Å²) in [6.45, 7) is 5.98. The molecule has 0 saturated carbocycles. The Morgan fingerprint density at radius 3 is 2.48 bits per heavy atom. The van der Waals surface area contributed by atoms with Gasteiger partial charge in [-0.25, -0.2) is 9.98 Å². The molecule has 0 unspecified atom stereocenters. The van der Waals surface area contributed by atoms with Crippen LogP contribution in [0.5, 0.6) is 11.5 Å². The molecule has 27 heavy (non-hydrogen) atoms. The van der Waals surface area contributed by atoms with Crippen LogP contribution in [-0.2, 0) is 23.7 Å². The Balaban J connectivity index is 1.76. The Bertz CT molecular complexity index is 665. The Kier molecular flexibility index (Phi) is 7.96. The zero-order valence-corrected chi connectivity index (χ0v) is 15.9. The molecule has 0 amide bonds. The molecule has 0 bridgehead atoms. The first-order chi connectivity index (χ1) is 13.0. The van der Waals surface area contributed by atoms with Gasteiger partial charge >= 0.3 is 0 Å². The zero-order chi connectivity index (χ0) is 19.7. The van der Waals surface area contributed by atoms with Gasteiger partial charge in [0.1, 0.15) is 19.0 Å². The topological polar surface area (TPSA) is 109 Å². The van der Waals surface area contributed by atoms with Crippen molar-refractivity contribution in [3.63, 3.8) is 0 Å². The second-order valence-electron chi connectivity index (χ2n) is 6.14. The van der Waals surface area contributed by atoms with Crippen molar-refractivity contribution in [2.24, 2.45) is 4.99 Å². The predicted molar refractivity (Wildman–Crippen MR) is 96.5 cm³/mol. The maximum absolute atomic E-state index is 11.6. The fourth-order valence-electron chi connectivity index (χ4n) is 2.16. The Labute approximate surface area is 158 Å². The molecule has 1 aromatic heterocycles. The maximum atomic E-state index is 11.6. The molecule has 0 aliphatic carbocycles. The highest BCUT2D eigenvalue weighted by Crippen LogP contribution is 2.27. The van der Waals surface area contributed by atoms with E-state index in [1.54, 1.807) is 14.0 Å². The first-order valence-corrected chi connectivity index (χ1v) is 8.66. The largest absolute Gasteiger partial charge is 0.505 e. The van der Waals surface area contributed by atoms with Gasteiger partial charge in [0.05, 0.1) is 39.2 Å². The molecule has 0 fully saturated rings. The number of nitrogens with zero attached hydrogens (tertiary/aromatic N) is 2. The van der Waals surface area contributed by atoms with Crippen LogP contribution in [0.4, 0.5) is 0 Å². The Morgan fingerprint density at radius 1 is 1.22 bits per heavy atom. The number of pyridine rings is 1. The average Bonchev–Trinajstić information content (AvgIpc) is 3.04. The maximum Gasteiger partial charge on any atom is 0.240 e. The van der Waals surface area contributed by atoms with Crippen LogP contribution in [0.15, 0.2) is 17.3 Å². The van der Waals surface area contributed by atoms with Gasteiger partial charge in [-0.15, -0.1) is 0 Å². The van der Waals surface area contributed by atoms with E-state index in [-0.39, 0.29) is 29.7 Å². The van der Waals surface area contributed by atoms with Crippen LogP contribution in [0.25, 0.3) is 0 Å². The number of ketones is 1. The minimum absolute atomic E-state index is 0.110. The number of Topliss-reactive ketones (excluding diaryl/α,β-unsaturated/α-hetero) is 1. The van der Waals surface area contributed by atoms with Gasteiger partial charge in [-0.05, 0) is 13.8 Å². The summed E-state index contributed by atoms with van der Waals surface area (Å²) in [6.07, 6.45) is 1.46. The van der Waals surface area contributed by atoms with E-state index in [4.69, 9.17) is 23.7 Å². The van der Waals surface area contributed by atoms with Crippen LogP contribution >= 0.6 is 0 Å². The fraction of sp³-hybridized carbons (Fsp3) is 0.611. The van der Waals surface area contributed by atoms with Gasteiger partial charge in [-0.1, -0.05) is 0 Å². The third-order valence-corrected chi connectivity index (χ3v) is 3.94. The molecule has 0 spiro atoms. The van der Waals surface area contributed by atoms with Crippen LogP contribution in [0.3, 0.4) is 0 Å². The van der Waals surface area contributed by atoms with Crippen molar-refractivity contribution < 1.29 is 33.6 Å². The molecule has 1 atom stereocenters. The summed E-state index contributed by atoms with van der Waals surface area (Å²) in [5.41, 5.74) is -0.764. The van der Waals surface area contributed by atoms with Gasteiger partial charge in [0, 0.05) is 13.2 Å². The van der Waals surface area contributed by atoms with Crippen LogP contribution in [0.1, 0.15) is 19.5 Å². The fourth-order valence-corrected chi connectivity index (χ4v) is 2.16. The van der Waals surface area contributed by atoms with Crippen molar-refractivity contribution in [2.75, 3.05) is 53.4 Å². The third-order valence-electron chi connectivity index (χ3n) is 3.94. The highest BCUT2D eigenvalue weighted by molar-refractivity contribution is 6.00. The van der Waals surface area contributed by atoms with Gasteiger partial charge in [-0.2, -0.15) is 0 Å². The Hall–Kier alpha value is -2.23. The highest BCUT2D eigenvalue weighted by atomic mass is 16.6. The predicted octanol–water partition coefficient (Wildman–Crippen LogP) is 0.970. The number of aliphatic imine (C=N–C) groups is 1. The highest BCUT2D eigenvalue weighted by Gasteiger charge is 2.37. The minimum atomic E-state index is -0.941. The van der Waals surface area contributed by atoms with Crippen LogP contribution in [-0.4, -0.2) is 80.7 Å². The van der Waals surface area contributed by atoms with Crippen molar-refractivity contribution in [3.05, 3.63) is 18.0 Å². The van der Waals surface area contributed by atoms with E-state index in [0.717, 1.165) is 0 Å². The minimum Gasteiger partial charge on any atom is -0.505 e. The molecule has 0 radical (unpaired) electrons. The lowest BCUT2D eigenvalue weighted by molar-refractivity contribution is -0.121. The van der Waals surface area contributed by atoms with E-state index in [2.05, 4.69) is 9.98 Å². The molecule has 0 saturated heterocycles. The summed E-state index contributed by atoms with van der Waals surface area (Å²) in [5.74, 6) is 0.297. The smallest absolute Gasteiger partial charge is 0.240 e. The molecule has 0 aromatic carbocycles. The second kappa shape index (κ2) is 10.2. The summed E-state index contributed by atoms with van der Waals surface area (Å²) in [7, 11) is 1.62. The van der Waals surface area contributed by atoms with E-state index in [1.165, 1.54) is 19.2 Å². The lowest BCUT2D eigenvalue weighted by Crippen LogP contribution is -2.32. The molecule has 1 aliphatic heterocycles. The molecule has 1 aliphatic rings. The monoisotopic (exact) mass is 382 g/mol. The van der Waals surface area contributed by atoms with E-state index in [1.807, 2.05) is 0 Å². The normalized spacial score (nSPS) is 18.9. The number of methoxy groups -OCH3 is 1. The summed E-state index contributed by atoms with van der Waals surface area (Å²) in [5, 5.41) is 10.2. The number of carbonyl (C=O) groups is 1. The lowest BCUT2D eigenvalue weighted by atomic mass is 10.0. The summed E-state index contributed by atoms with van der Waals surface area (Å²) in [6, 6.07) is 1.42. The van der Waals surface area contributed by atoms with Crippen LogP contribution in [0.2, 0.25) is 0 Å². The molecular formula is C18H26N2O7. The molecule has 2 heterocycles. The van der Waals surface area contributed by atoms with Crippen molar-refractivity contribution in [1.29, 1.82) is 0 Å². The standard InChI is InChI=1S/C18H26N2O7/c1-13(21)18(2)12-27-17(20-18)16-15(22)10-14(11-19-16)26-9-8-25-7-6-24-5-4-23-3/h10-11,22H,4-9,12H2,1-3H3/t18-/m1/s1. The molecule has 150 valence electrons. The molecule has 1 aromatic rings. The SMILES string of the molecule is COCCOCCOCCOc1cnc(C2=N[C@@](C)(C(C)=O)CO2)c(O)c1. The number of aromatic hydroxyl groups is 1. The molecular weight excluding hydrogens is 356 g/mol. The number of hydrogen-bond acceptors (Lipinski definition) is 9. The van der Waals surface area contributed by atoms with Gasteiger partial charge in [0.2, 0.25) is 5.90 Å². The van der Waals surface area contributed by atoms with E-state index >= 15 is 0 Å². The molecule has 9 nitrogen and oxygen atoms in total. The first-order valence-electron chi connectivity index (χ1n) is 8.66. The summed E-state index contributed by atoms with van der Waals surface area (Å²) < 4.78 is 26.4. The van der Waals surface area contributed by atoms with Crippen molar-refractivity contribution >= 4 is 11.7 Å². The summed E-state index contributed by atoms with van der Waals surface area (Å²) in [4.78, 5) is 20.0. The van der Waals surface area contributed by atoms with E-state index < -0.39 is 5.54 Å². The number of ether oxygens (including phenoxy) is 5. The average molecular weight is 382 g/mol. The second-order valence-corrected chi connectivity index (χ2v) is 6.14. The summed E-state index contributed by atoms with van der Waals surface area (Å²) >= 11 is 0. The van der Waals surface area contributed by atoms with Crippen LogP contribution in [0, 0.1) is 0 Å². The lowest BCUT2D eigenvalue weighted by Gasteiger charge is -2.12. The molecule has 1 N–H and O–H groups in total. The number of carbonyl (C=O) groups excluding carboxylic acids is 1. The number of rotatable bonds is 12. The van der Waals surface area contributed by atoms with E-state index in [9.17, 15) is 9.90 Å². The zero-order valence-electron chi connectivity index (χ0n) is 15.9. The number of aromatic nitrogens is 1. The first kappa shape index (κ1) is 21.1. The molecule has 2 rings (SSSR count). The van der Waals surface area contributed by atoms with Crippen molar-refractivity contribution in [1.82, 2.24) is 4.98 Å². The van der Waals surface area contributed by atoms with Gasteiger partial charge in [0.25, 0.3) is 0 Å². The van der Waals surface area contributed by atoms with Gasteiger partial charge in [0.15, 0.2) is 22.8 Å². The number of hydrogen-bond donors (Lipinski definition) is 1. The van der Waals surface area contributed by atoms with Gasteiger partial charge in [-0.3, -0.25) is 4.79 Å².